The van der Waals surface area contributed by atoms with Crippen molar-refractivity contribution in [3.63, 3.8) is 0 Å². The molecule has 5 nitrogen and oxygen atoms in total. The number of hydrogen-bond donors (Lipinski definition) is 1. The molecule has 3 heterocycles. The van der Waals surface area contributed by atoms with Crippen molar-refractivity contribution in [3.05, 3.63) is 22.3 Å². The summed E-state index contributed by atoms with van der Waals surface area (Å²) in [4.78, 5) is 7.91. The fourth-order valence-corrected chi connectivity index (χ4v) is 3.19. The molecule has 0 unspecified atom stereocenters. The zero-order valence-corrected chi connectivity index (χ0v) is 13.2. The molecule has 0 aromatic carbocycles. The fourth-order valence-electron chi connectivity index (χ4n) is 2.33. The normalized spacial score (nSPS) is 24.1. The molecule has 0 spiro atoms. The number of morpholine rings is 1. The Bertz CT molecular complexity index is 619. The van der Waals surface area contributed by atoms with E-state index in [9.17, 15) is 0 Å². The molecule has 1 fully saturated rings. The van der Waals surface area contributed by atoms with E-state index in [1.807, 2.05) is 22.2 Å². The summed E-state index contributed by atoms with van der Waals surface area (Å²) in [6.07, 6.45) is 0.264. The summed E-state index contributed by atoms with van der Waals surface area (Å²) in [5.74, 6) is 0.846. The number of aromatic amines is 1. The summed E-state index contributed by atoms with van der Waals surface area (Å²) in [5.41, 5.74) is 0. The molecule has 1 aliphatic rings. The Balaban J connectivity index is 1.79. The van der Waals surface area contributed by atoms with Crippen LogP contribution in [-0.2, 0) is 11.4 Å². The molecule has 1 aliphatic heterocycles. The Labute approximate surface area is 127 Å². The number of ether oxygens (including phenoxy) is 1. The van der Waals surface area contributed by atoms with E-state index in [-0.39, 0.29) is 6.10 Å². The Hall–Kier alpha value is -1.02. The first-order chi connectivity index (χ1) is 9.63. The second kappa shape index (κ2) is 5.77. The summed E-state index contributed by atoms with van der Waals surface area (Å²) < 4.78 is 8.18. The molecule has 3 rings (SSSR count). The van der Waals surface area contributed by atoms with Crippen molar-refractivity contribution in [2.24, 2.45) is 0 Å². The molecule has 2 aromatic heterocycles. The van der Waals surface area contributed by atoms with Crippen LogP contribution in [0.3, 0.4) is 0 Å². The monoisotopic (exact) mass is 310 g/mol. The predicted molar refractivity (Wildman–Crippen MR) is 82.3 cm³/mol. The first-order valence-corrected chi connectivity index (χ1v) is 7.98. The molecule has 0 saturated carbocycles. The highest BCUT2D eigenvalue weighted by Crippen LogP contribution is 2.21. The van der Waals surface area contributed by atoms with Crippen LogP contribution in [0.4, 0.5) is 0 Å². The van der Waals surface area contributed by atoms with E-state index in [2.05, 4.69) is 28.8 Å². The van der Waals surface area contributed by atoms with Crippen LogP contribution in [0.25, 0.3) is 10.7 Å². The van der Waals surface area contributed by atoms with E-state index in [1.54, 1.807) is 11.3 Å². The van der Waals surface area contributed by atoms with Gasteiger partial charge in [0.2, 0.25) is 4.77 Å². The molecule has 108 valence electrons. The minimum Gasteiger partial charge on any atom is -0.376 e. The third kappa shape index (κ3) is 2.85. The first kappa shape index (κ1) is 13.9. The second-order valence-electron chi connectivity index (χ2n) is 5.17. The van der Waals surface area contributed by atoms with E-state index in [0.29, 0.717) is 10.8 Å². The number of nitrogens with one attached hydrogen (secondary N) is 1. The van der Waals surface area contributed by atoms with E-state index < -0.39 is 0 Å². The molecule has 0 radical (unpaired) electrons. The van der Waals surface area contributed by atoms with E-state index in [1.165, 1.54) is 0 Å². The zero-order valence-electron chi connectivity index (χ0n) is 11.6. The SMILES string of the molecule is C[C@@H]1CN(Cn2[nH]c(-c3cccs3)nc2=S)[C@@H](C)CO1. The third-order valence-electron chi connectivity index (χ3n) is 3.49. The quantitative estimate of drug-likeness (QED) is 0.886. The van der Waals surface area contributed by atoms with Gasteiger partial charge in [-0.25, -0.2) is 4.68 Å². The van der Waals surface area contributed by atoms with E-state index in [4.69, 9.17) is 17.0 Å². The number of nitrogens with zero attached hydrogens (tertiary/aromatic N) is 3. The minimum atomic E-state index is 0.264. The summed E-state index contributed by atoms with van der Waals surface area (Å²) in [7, 11) is 0. The van der Waals surface area contributed by atoms with Crippen molar-refractivity contribution >= 4 is 23.6 Å². The maximum Gasteiger partial charge on any atom is 0.217 e. The van der Waals surface area contributed by atoms with Gasteiger partial charge >= 0.3 is 0 Å². The van der Waals surface area contributed by atoms with E-state index >= 15 is 0 Å². The molecule has 0 amide bonds. The number of aromatic nitrogens is 3. The second-order valence-corrected chi connectivity index (χ2v) is 6.48. The van der Waals surface area contributed by atoms with Crippen LogP contribution in [0, 0.1) is 4.77 Å². The first-order valence-electron chi connectivity index (χ1n) is 6.70. The lowest BCUT2D eigenvalue weighted by molar-refractivity contribution is -0.0624. The molecule has 2 atom stereocenters. The Morgan fingerprint density at radius 2 is 2.40 bits per heavy atom. The smallest absolute Gasteiger partial charge is 0.217 e. The average molecular weight is 310 g/mol. The molecule has 0 bridgehead atoms. The largest absolute Gasteiger partial charge is 0.376 e. The summed E-state index contributed by atoms with van der Waals surface area (Å²) in [6.45, 7) is 6.68. The molecule has 0 aliphatic carbocycles. The van der Waals surface area contributed by atoms with Gasteiger partial charge in [-0.3, -0.25) is 10.00 Å². The van der Waals surface area contributed by atoms with Gasteiger partial charge in [0.1, 0.15) is 0 Å². The zero-order chi connectivity index (χ0) is 14.1. The van der Waals surface area contributed by atoms with Gasteiger partial charge in [0, 0.05) is 12.6 Å². The summed E-state index contributed by atoms with van der Waals surface area (Å²) in [5, 5.41) is 5.33. The molecule has 2 aromatic rings. The van der Waals surface area contributed by atoms with Crippen LogP contribution in [0.15, 0.2) is 17.5 Å². The molecule has 7 heteroatoms. The van der Waals surface area contributed by atoms with E-state index in [0.717, 1.165) is 30.5 Å². The highest BCUT2D eigenvalue weighted by atomic mass is 32.1. The van der Waals surface area contributed by atoms with Crippen molar-refractivity contribution < 1.29 is 4.74 Å². The maximum atomic E-state index is 5.65. The number of hydrogen-bond acceptors (Lipinski definition) is 5. The van der Waals surface area contributed by atoms with Gasteiger partial charge in [-0.05, 0) is 37.5 Å². The molecule has 1 saturated heterocycles. The topological polar surface area (TPSA) is 46.1 Å². The lowest BCUT2D eigenvalue weighted by Crippen LogP contribution is -2.47. The Morgan fingerprint density at radius 1 is 1.55 bits per heavy atom. The highest BCUT2D eigenvalue weighted by Gasteiger charge is 2.24. The average Bonchev–Trinajstić information content (AvgIpc) is 3.04. The van der Waals surface area contributed by atoms with Crippen LogP contribution in [0.1, 0.15) is 13.8 Å². The minimum absolute atomic E-state index is 0.264. The lowest BCUT2D eigenvalue weighted by atomic mass is 10.2. The number of thiophene rings is 1. The van der Waals surface area contributed by atoms with Crippen LogP contribution < -0.4 is 0 Å². The van der Waals surface area contributed by atoms with Gasteiger partial charge in [-0.2, -0.15) is 4.98 Å². The molecular formula is C13H18N4OS2. The molecule has 20 heavy (non-hydrogen) atoms. The Morgan fingerprint density at radius 3 is 3.15 bits per heavy atom. The van der Waals surface area contributed by atoms with Crippen LogP contribution in [-0.4, -0.2) is 45.0 Å². The summed E-state index contributed by atoms with van der Waals surface area (Å²) >= 11 is 7.01. The predicted octanol–water partition coefficient (Wildman–Crippen LogP) is 2.74. The van der Waals surface area contributed by atoms with Crippen LogP contribution in [0.5, 0.6) is 0 Å². The van der Waals surface area contributed by atoms with Gasteiger partial charge in [-0.1, -0.05) is 6.07 Å². The highest BCUT2D eigenvalue weighted by molar-refractivity contribution is 7.71. The van der Waals surface area contributed by atoms with Crippen molar-refractivity contribution in [2.75, 3.05) is 13.2 Å². The van der Waals surface area contributed by atoms with Gasteiger partial charge in [0.25, 0.3) is 0 Å². The van der Waals surface area contributed by atoms with Crippen molar-refractivity contribution in [1.82, 2.24) is 19.7 Å². The van der Waals surface area contributed by atoms with Gasteiger partial charge < -0.3 is 4.74 Å². The van der Waals surface area contributed by atoms with Crippen LogP contribution in [0.2, 0.25) is 0 Å². The third-order valence-corrected chi connectivity index (χ3v) is 4.68. The van der Waals surface area contributed by atoms with Crippen molar-refractivity contribution in [3.8, 4) is 10.7 Å². The van der Waals surface area contributed by atoms with Gasteiger partial charge in [-0.15, -0.1) is 11.3 Å². The van der Waals surface area contributed by atoms with Gasteiger partial charge in [0.05, 0.1) is 24.3 Å². The number of rotatable bonds is 3. The fraction of sp³-hybridized carbons (Fsp3) is 0.538. The molecule has 1 N–H and O–H groups in total. The van der Waals surface area contributed by atoms with Gasteiger partial charge in [0.15, 0.2) is 5.82 Å². The standard InChI is InChI=1S/C13H18N4OS2/c1-9-7-18-10(2)6-16(9)8-17-13(19)14-12(15-17)11-4-3-5-20-11/h3-5,9-10H,6-8H2,1-2H3,(H,14,15,19)/t9-,10+/m0/s1. The van der Waals surface area contributed by atoms with Crippen molar-refractivity contribution in [2.45, 2.75) is 32.7 Å². The van der Waals surface area contributed by atoms with Crippen molar-refractivity contribution in [1.29, 1.82) is 0 Å². The Kier molecular flexibility index (Phi) is 4.02. The van der Waals surface area contributed by atoms with Crippen LogP contribution >= 0.6 is 23.6 Å². The maximum absolute atomic E-state index is 5.65. The summed E-state index contributed by atoms with van der Waals surface area (Å²) in [6, 6.07) is 4.45. The number of H-pyrrole nitrogens is 1. The lowest BCUT2D eigenvalue weighted by Gasteiger charge is -2.36. The molecular weight excluding hydrogens is 292 g/mol.